The summed E-state index contributed by atoms with van der Waals surface area (Å²) in [4.78, 5) is 12.3. The highest BCUT2D eigenvalue weighted by molar-refractivity contribution is 6.34. The summed E-state index contributed by atoms with van der Waals surface area (Å²) in [6, 6.07) is 7.18. The molecule has 1 atom stereocenters. The smallest absolute Gasteiger partial charge is 0.284 e. The Morgan fingerprint density at radius 1 is 1.25 bits per heavy atom. The first-order valence-corrected chi connectivity index (χ1v) is 8.98. The van der Waals surface area contributed by atoms with E-state index in [0.717, 1.165) is 0 Å². The number of halogens is 3. The van der Waals surface area contributed by atoms with Gasteiger partial charge in [-0.3, -0.25) is 0 Å². The molecule has 1 aliphatic rings. The Labute approximate surface area is 164 Å². The number of nitrogens with two attached hydrogens (primary N) is 1. The SMILES string of the molecule is NC(CNC1=NCCO1)c1ncnc2c(F)c(-c3ccccc3F)c(Cl)cc12. The number of fused-ring (bicyclic) bond motifs is 1. The van der Waals surface area contributed by atoms with E-state index in [-0.39, 0.29) is 28.2 Å². The summed E-state index contributed by atoms with van der Waals surface area (Å²) in [6.45, 7) is 1.39. The number of rotatable bonds is 4. The van der Waals surface area contributed by atoms with Crippen LogP contribution in [-0.4, -0.2) is 35.7 Å². The topological polar surface area (TPSA) is 85.4 Å². The van der Waals surface area contributed by atoms with Gasteiger partial charge in [0.2, 0.25) is 0 Å². The van der Waals surface area contributed by atoms with Gasteiger partial charge in [-0.2, -0.15) is 0 Å². The van der Waals surface area contributed by atoms with Crippen molar-refractivity contribution in [2.24, 2.45) is 10.7 Å². The first-order valence-electron chi connectivity index (χ1n) is 8.60. The van der Waals surface area contributed by atoms with Crippen molar-refractivity contribution in [2.75, 3.05) is 19.7 Å². The molecule has 2 aromatic carbocycles. The van der Waals surface area contributed by atoms with E-state index >= 15 is 4.39 Å². The number of benzene rings is 2. The van der Waals surface area contributed by atoms with Gasteiger partial charge < -0.3 is 15.8 Å². The summed E-state index contributed by atoms with van der Waals surface area (Å²) in [6.07, 6.45) is 1.23. The molecular weight excluding hydrogens is 388 g/mol. The van der Waals surface area contributed by atoms with Crippen LogP contribution in [0.4, 0.5) is 8.78 Å². The minimum Gasteiger partial charge on any atom is -0.463 e. The molecule has 144 valence electrons. The lowest BCUT2D eigenvalue weighted by molar-refractivity contribution is 0.330. The predicted molar refractivity (Wildman–Crippen MR) is 103 cm³/mol. The van der Waals surface area contributed by atoms with Crippen molar-refractivity contribution >= 4 is 28.5 Å². The fourth-order valence-electron chi connectivity index (χ4n) is 3.09. The molecule has 0 saturated heterocycles. The zero-order chi connectivity index (χ0) is 19.7. The van der Waals surface area contributed by atoms with Crippen LogP contribution in [0.1, 0.15) is 11.7 Å². The number of aromatic nitrogens is 2. The number of hydrogen-bond acceptors (Lipinski definition) is 6. The Morgan fingerprint density at radius 2 is 2.07 bits per heavy atom. The van der Waals surface area contributed by atoms with Crippen LogP contribution >= 0.6 is 11.6 Å². The van der Waals surface area contributed by atoms with Crippen molar-refractivity contribution < 1.29 is 13.5 Å². The van der Waals surface area contributed by atoms with Gasteiger partial charge in [0.25, 0.3) is 6.02 Å². The molecule has 28 heavy (non-hydrogen) atoms. The molecule has 1 unspecified atom stereocenters. The average molecular weight is 404 g/mol. The largest absolute Gasteiger partial charge is 0.463 e. The zero-order valence-electron chi connectivity index (χ0n) is 14.6. The maximum absolute atomic E-state index is 15.2. The summed E-state index contributed by atoms with van der Waals surface area (Å²) >= 11 is 6.31. The van der Waals surface area contributed by atoms with Gasteiger partial charge in [-0.15, -0.1) is 0 Å². The molecule has 6 nitrogen and oxygen atoms in total. The molecule has 1 aromatic heterocycles. The number of aliphatic imine (C=N–C) groups is 1. The van der Waals surface area contributed by atoms with Gasteiger partial charge in [0.1, 0.15) is 24.3 Å². The molecule has 0 fully saturated rings. The molecule has 0 amide bonds. The van der Waals surface area contributed by atoms with E-state index in [0.29, 0.717) is 30.3 Å². The van der Waals surface area contributed by atoms with Gasteiger partial charge in [0, 0.05) is 23.1 Å². The summed E-state index contributed by atoms with van der Waals surface area (Å²) < 4.78 is 34.7. The van der Waals surface area contributed by atoms with Gasteiger partial charge in [-0.05, 0) is 12.1 Å². The monoisotopic (exact) mass is 403 g/mol. The highest BCUT2D eigenvalue weighted by Gasteiger charge is 2.22. The third-order valence-corrected chi connectivity index (χ3v) is 4.70. The average Bonchev–Trinajstić information content (AvgIpc) is 3.21. The Hall–Kier alpha value is -2.84. The van der Waals surface area contributed by atoms with Crippen molar-refractivity contribution in [3.05, 3.63) is 59.0 Å². The molecule has 0 saturated carbocycles. The molecular formula is C19H16ClF2N5O. The normalized spacial score (nSPS) is 14.6. The molecule has 3 aromatic rings. The van der Waals surface area contributed by atoms with Crippen LogP contribution in [0.25, 0.3) is 22.0 Å². The second-order valence-electron chi connectivity index (χ2n) is 6.21. The summed E-state index contributed by atoms with van der Waals surface area (Å²) in [5, 5.41) is 3.40. The maximum Gasteiger partial charge on any atom is 0.284 e. The van der Waals surface area contributed by atoms with Crippen LogP contribution in [0.2, 0.25) is 5.02 Å². The van der Waals surface area contributed by atoms with Crippen molar-refractivity contribution in [2.45, 2.75) is 6.04 Å². The molecule has 2 heterocycles. The van der Waals surface area contributed by atoms with Crippen LogP contribution in [-0.2, 0) is 4.74 Å². The van der Waals surface area contributed by atoms with Gasteiger partial charge in [0.05, 0.1) is 23.3 Å². The van der Waals surface area contributed by atoms with Crippen LogP contribution in [0.5, 0.6) is 0 Å². The number of ether oxygens (including phenoxy) is 1. The highest BCUT2D eigenvalue weighted by atomic mass is 35.5. The summed E-state index contributed by atoms with van der Waals surface area (Å²) in [7, 11) is 0. The van der Waals surface area contributed by atoms with Crippen molar-refractivity contribution in [3.63, 3.8) is 0 Å². The molecule has 0 bridgehead atoms. The van der Waals surface area contributed by atoms with Gasteiger partial charge in [-0.1, -0.05) is 29.8 Å². The van der Waals surface area contributed by atoms with Crippen molar-refractivity contribution in [1.29, 1.82) is 0 Å². The summed E-state index contributed by atoms with van der Waals surface area (Å²) in [5.41, 5.74) is 6.68. The molecule has 9 heteroatoms. The van der Waals surface area contributed by atoms with Crippen LogP contribution < -0.4 is 11.1 Å². The van der Waals surface area contributed by atoms with E-state index in [1.165, 1.54) is 30.6 Å². The van der Waals surface area contributed by atoms with Crippen molar-refractivity contribution in [1.82, 2.24) is 15.3 Å². The Morgan fingerprint density at radius 3 is 2.82 bits per heavy atom. The minimum absolute atomic E-state index is 0.0255. The van der Waals surface area contributed by atoms with E-state index in [1.807, 2.05) is 0 Å². The Balaban J connectivity index is 1.75. The Bertz CT molecular complexity index is 1080. The van der Waals surface area contributed by atoms with E-state index < -0.39 is 17.7 Å². The fraction of sp³-hybridized carbons (Fsp3) is 0.211. The zero-order valence-corrected chi connectivity index (χ0v) is 15.4. The standard InChI is InChI=1S/C19H16ClF2N5O/c20-12-7-11-17(14(23)8-25-19-24-5-6-28-19)26-9-27-18(11)16(22)15(12)10-3-1-2-4-13(10)21/h1-4,7,9,14H,5-6,8,23H2,(H,24,25). The molecule has 3 N–H and O–H groups in total. The summed E-state index contributed by atoms with van der Waals surface area (Å²) in [5.74, 6) is -1.30. The second kappa shape index (κ2) is 7.65. The van der Waals surface area contributed by atoms with Gasteiger partial charge in [0.15, 0.2) is 5.82 Å². The molecule has 0 spiro atoms. The minimum atomic E-state index is -0.722. The van der Waals surface area contributed by atoms with Gasteiger partial charge in [-0.25, -0.2) is 23.7 Å². The molecule has 4 rings (SSSR count). The predicted octanol–water partition coefficient (Wildman–Crippen LogP) is 3.20. The molecule has 0 aliphatic carbocycles. The maximum atomic E-state index is 15.2. The second-order valence-corrected chi connectivity index (χ2v) is 6.61. The van der Waals surface area contributed by atoms with Crippen LogP contribution in [0, 0.1) is 11.6 Å². The lowest BCUT2D eigenvalue weighted by Gasteiger charge is -2.16. The van der Waals surface area contributed by atoms with E-state index in [2.05, 4.69) is 20.3 Å². The number of hydrogen-bond donors (Lipinski definition) is 2. The third-order valence-electron chi connectivity index (χ3n) is 4.41. The van der Waals surface area contributed by atoms with Gasteiger partial charge >= 0.3 is 0 Å². The molecule has 1 aliphatic heterocycles. The third kappa shape index (κ3) is 3.36. The van der Waals surface area contributed by atoms with Crippen LogP contribution in [0.3, 0.4) is 0 Å². The van der Waals surface area contributed by atoms with E-state index in [4.69, 9.17) is 22.1 Å². The quantitative estimate of drug-likeness (QED) is 0.698. The Kier molecular flexibility index (Phi) is 5.06. The van der Waals surface area contributed by atoms with E-state index in [9.17, 15) is 4.39 Å². The number of nitrogens with one attached hydrogen (secondary N) is 1. The van der Waals surface area contributed by atoms with E-state index in [1.54, 1.807) is 6.07 Å². The first-order chi connectivity index (χ1) is 13.6. The number of nitrogens with zero attached hydrogens (tertiary/aromatic N) is 3. The lowest BCUT2D eigenvalue weighted by Crippen LogP contribution is -2.32. The van der Waals surface area contributed by atoms with Crippen LogP contribution in [0.15, 0.2) is 41.7 Å². The lowest BCUT2D eigenvalue weighted by atomic mass is 10.00. The number of amidine groups is 1. The molecule has 0 radical (unpaired) electrons. The van der Waals surface area contributed by atoms with Crippen molar-refractivity contribution in [3.8, 4) is 11.1 Å². The fourth-order valence-corrected chi connectivity index (χ4v) is 3.38. The first kappa shape index (κ1) is 18.5. The highest BCUT2D eigenvalue weighted by Crippen LogP contribution is 2.37.